The lowest BCUT2D eigenvalue weighted by Crippen LogP contribution is -2.29. The Hall–Kier alpha value is -3.20. The molecule has 0 saturated heterocycles. The van der Waals surface area contributed by atoms with Crippen LogP contribution in [0, 0.1) is 0 Å². The monoisotopic (exact) mass is 472 g/mol. The Balaban J connectivity index is 1.44. The maximum atomic E-state index is 12.1. The van der Waals surface area contributed by atoms with Crippen molar-refractivity contribution >= 4 is 46.4 Å². The molecule has 0 spiro atoms. The number of esters is 1. The van der Waals surface area contributed by atoms with Gasteiger partial charge in [-0.15, -0.1) is 0 Å². The van der Waals surface area contributed by atoms with E-state index in [1.807, 2.05) is 35.7 Å². The van der Waals surface area contributed by atoms with Gasteiger partial charge in [0.2, 0.25) is 11.8 Å². The Kier molecular flexibility index (Phi) is 8.38. The van der Waals surface area contributed by atoms with E-state index in [9.17, 15) is 14.4 Å². The summed E-state index contributed by atoms with van der Waals surface area (Å²) in [7, 11) is 1.23. The molecule has 3 rings (SSSR count). The summed E-state index contributed by atoms with van der Waals surface area (Å²) in [6.45, 7) is -0.286. The summed E-state index contributed by atoms with van der Waals surface area (Å²) in [4.78, 5) is 36.0. The molecule has 0 aliphatic rings. The highest BCUT2D eigenvalue weighted by molar-refractivity contribution is 7.08. The highest BCUT2D eigenvalue weighted by Gasteiger charge is 2.15. The van der Waals surface area contributed by atoms with Gasteiger partial charge in [0.05, 0.1) is 18.4 Å². The van der Waals surface area contributed by atoms with E-state index in [1.165, 1.54) is 25.3 Å². The van der Waals surface area contributed by atoms with Crippen molar-refractivity contribution in [3.05, 3.63) is 75.4 Å². The number of nitrogens with one attached hydrogen (secondary N) is 2. The van der Waals surface area contributed by atoms with Gasteiger partial charge in [0.1, 0.15) is 13.2 Å². The van der Waals surface area contributed by atoms with Crippen LogP contribution in [-0.2, 0) is 25.6 Å². The van der Waals surface area contributed by atoms with Gasteiger partial charge < -0.3 is 20.1 Å². The fraction of sp³-hybridized carbons (Fsp3) is 0.174. The summed E-state index contributed by atoms with van der Waals surface area (Å²) in [5, 5.41) is 9.72. The Morgan fingerprint density at radius 3 is 2.56 bits per heavy atom. The zero-order valence-electron chi connectivity index (χ0n) is 17.2. The molecule has 2 aromatic carbocycles. The molecule has 0 fully saturated rings. The summed E-state index contributed by atoms with van der Waals surface area (Å²) >= 11 is 7.52. The summed E-state index contributed by atoms with van der Waals surface area (Å²) in [6, 6.07) is 14.4. The van der Waals surface area contributed by atoms with Crippen molar-refractivity contribution in [3.8, 4) is 11.1 Å². The Morgan fingerprint density at radius 2 is 1.81 bits per heavy atom. The van der Waals surface area contributed by atoms with Crippen LogP contribution in [0.2, 0.25) is 5.02 Å². The van der Waals surface area contributed by atoms with Gasteiger partial charge in [0, 0.05) is 11.6 Å². The molecule has 0 aliphatic heterocycles. The second kappa shape index (κ2) is 11.4. The van der Waals surface area contributed by atoms with Crippen LogP contribution in [0.3, 0.4) is 0 Å². The van der Waals surface area contributed by atoms with Crippen molar-refractivity contribution < 1.29 is 23.9 Å². The van der Waals surface area contributed by atoms with E-state index in [2.05, 4.69) is 20.8 Å². The van der Waals surface area contributed by atoms with Crippen LogP contribution in [0.4, 0.5) is 5.69 Å². The lowest BCUT2D eigenvalue weighted by molar-refractivity contribution is -0.128. The van der Waals surface area contributed by atoms with E-state index in [-0.39, 0.29) is 30.4 Å². The van der Waals surface area contributed by atoms with Gasteiger partial charge in [-0.25, -0.2) is 4.79 Å². The molecule has 0 saturated carbocycles. The Labute approximate surface area is 194 Å². The van der Waals surface area contributed by atoms with E-state index >= 15 is 0 Å². The first kappa shape index (κ1) is 23.5. The SMILES string of the molecule is COC(=O)c1cc(Cl)ccc1NC(=O)COCC(=O)NCc1cccc(-c2ccsc2)c1. The van der Waals surface area contributed by atoms with Gasteiger partial charge >= 0.3 is 5.97 Å². The molecule has 0 aliphatic carbocycles. The van der Waals surface area contributed by atoms with Gasteiger partial charge in [-0.2, -0.15) is 11.3 Å². The molecule has 166 valence electrons. The number of carbonyl (C=O) groups is 3. The molecule has 0 radical (unpaired) electrons. The number of hydrogen-bond acceptors (Lipinski definition) is 6. The summed E-state index contributed by atoms with van der Waals surface area (Å²) < 4.78 is 9.87. The van der Waals surface area contributed by atoms with Crippen molar-refractivity contribution in [2.75, 3.05) is 25.6 Å². The zero-order chi connectivity index (χ0) is 22.9. The van der Waals surface area contributed by atoms with Crippen molar-refractivity contribution in [1.82, 2.24) is 5.32 Å². The molecule has 0 bridgehead atoms. The molecule has 1 heterocycles. The molecule has 2 N–H and O–H groups in total. The first-order chi connectivity index (χ1) is 15.5. The largest absolute Gasteiger partial charge is 0.465 e. The number of carbonyl (C=O) groups excluding carboxylic acids is 3. The molecule has 7 nitrogen and oxygen atoms in total. The van der Waals surface area contributed by atoms with Gasteiger partial charge in [-0.3, -0.25) is 9.59 Å². The van der Waals surface area contributed by atoms with Crippen LogP contribution in [-0.4, -0.2) is 38.1 Å². The molecule has 32 heavy (non-hydrogen) atoms. The molecule has 0 atom stereocenters. The van der Waals surface area contributed by atoms with Crippen LogP contribution in [0.5, 0.6) is 0 Å². The number of benzene rings is 2. The zero-order valence-corrected chi connectivity index (χ0v) is 18.8. The van der Waals surface area contributed by atoms with Crippen LogP contribution < -0.4 is 10.6 Å². The molecule has 9 heteroatoms. The second-order valence-electron chi connectivity index (χ2n) is 6.71. The highest BCUT2D eigenvalue weighted by Crippen LogP contribution is 2.23. The fourth-order valence-corrected chi connectivity index (χ4v) is 3.71. The van der Waals surface area contributed by atoms with Crippen LogP contribution >= 0.6 is 22.9 Å². The maximum Gasteiger partial charge on any atom is 0.340 e. The minimum absolute atomic E-state index is 0.121. The molecular weight excluding hydrogens is 452 g/mol. The van der Waals surface area contributed by atoms with Gasteiger partial charge in [0.25, 0.3) is 0 Å². The van der Waals surface area contributed by atoms with E-state index < -0.39 is 11.9 Å². The average Bonchev–Trinajstić information content (AvgIpc) is 3.33. The quantitative estimate of drug-likeness (QED) is 0.457. The predicted molar refractivity (Wildman–Crippen MR) is 124 cm³/mol. The van der Waals surface area contributed by atoms with Crippen molar-refractivity contribution in [2.24, 2.45) is 0 Å². The van der Waals surface area contributed by atoms with Crippen molar-refractivity contribution in [1.29, 1.82) is 0 Å². The third kappa shape index (κ3) is 6.65. The van der Waals surface area contributed by atoms with Crippen LogP contribution in [0.15, 0.2) is 59.3 Å². The maximum absolute atomic E-state index is 12.1. The van der Waals surface area contributed by atoms with Gasteiger partial charge in [-0.1, -0.05) is 29.8 Å². The normalized spacial score (nSPS) is 10.4. The van der Waals surface area contributed by atoms with Crippen molar-refractivity contribution in [3.63, 3.8) is 0 Å². The number of hydrogen-bond donors (Lipinski definition) is 2. The second-order valence-corrected chi connectivity index (χ2v) is 7.93. The molecule has 2 amide bonds. The summed E-state index contributed by atoms with van der Waals surface area (Å²) in [6.07, 6.45) is 0. The van der Waals surface area contributed by atoms with Gasteiger partial charge in [-0.05, 0) is 57.8 Å². The minimum atomic E-state index is -0.633. The highest BCUT2D eigenvalue weighted by atomic mass is 35.5. The molecule has 3 aromatic rings. The Morgan fingerprint density at radius 1 is 1.00 bits per heavy atom. The number of thiophene rings is 1. The standard InChI is InChI=1S/C23H21ClN2O5S/c1-30-23(29)19-10-18(24)5-6-20(19)26-22(28)13-31-12-21(27)25-11-15-3-2-4-16(9-15)17-7-8-32-14-17/h2-10,14H,11-13H2,1H3,(H,25,27)(H,26,28). The lowest BCUT2D eigenvalue weighted by atomic mass is 10.1. The third-order valence-electron chi connectivity index (χ3n) is 4.40. The topological polar surface area (TPSA) is 93.7 Å². The number of rotatable bonds is 9. The molecular formula is C23H21ClN2O5S. The van der Waals surface area contributed by atoms with E-state index in [0.717, 1.165) is 16.7 Å². The lowest BCUT2D eigenvalue weighted by Gasteiger charge is -2.11. The summed E-state index contributed by atoms with van der Waals surface area (Å²) in [5.74, 6) is -1.50. The van der Waals surface area contributed by atoms with Crippen LogP contribution in [0.1, 0.15) is 15.9 Å². The van der Waals surface area contributed by atoms with E-state index in [0.29, 0.717) is 11.6 Å². The van der Waals surface area contributed by atoms with Gasteiger partial charge in [0.15, 0.2) is 0 Å². The third-order valence-corrected chi connectivity index (χ3v) is 5.32. The van der Waals surface area contributed by atoms with Crippen molar-refractivity contribution in [2.45, 2.75) is 6.54 Å². The van der Waals surface area contributed by atoms with E-state index in [4.69, 9.17) is 16.3 Å². The van der Waals surface area contributed by atoms with E-state index in [1.54, 1.807) is 11.3 Å². The summed E-state index contributed by atoms with van der Waals surface area (Å²) in [5.41, 5.74) is 3.53. The fourth-order valence-electron chi connectivity index (χ4n) is 2.87. The number of amides is 2. The number of anilines is 1. The molecule has 1 aromatic heterocycles. The number of ether oxygens (including phenoxy) is 2. The number of halogens is 1. The average molecular weight is 473 g/mol. The van der Waals surface area contributed by atoms with Crippen LogP contribution in [0.25, 0.3) is 11.1 Å². The minimum Gasteiger partial charge on any atom is -0.465 e. The first-order valence-corrected chi connectivity index (χ1v) is 10.9. The molecule has 0 unspecified atom stereocenters. The Bertz CT molecular complexity index is 1100. The predicted octanol–water partition coefficient (Wildman–Crippen LogP) is 4.13. The number of methoxy groups -OCH3 is 1. The first-order valence-electron chi connectivity index (χ1n) is 9.60. The smallest absolute Gasteiger partial charge is 0.340 e.